The van der Waals surface area contributed by atoms with E-state index in [-0.39, 0.29) is 11.7 Å². The molecule has 1 aromatic heterocycles. The van der Waals surface area contributed by atoms with Gasteiger partial charge in [0, 0.05) is 12.1 Å². The van der Waals surface area contributed by atoms with E-state index in [1.54, 1.807) is 19.1 Å². The first-order valence-corrected chi connectivity index (χ1v) is 5.96. The van der Waals surface area contributed by atoms with E-state index < -0.39 is 0 Å². The highest BCUT2D eigenvalue weighted by Gasteiger charge is 2.16. The van der Waals surface area contributed by atoms with Crippen molar-refractivity contribution < 1.29 is 8.91 Å². The molecule has 18 heavy (non-hydrogen) atoms. The molecule has 1 aromatic carbocycles. The molecule has 0 saturated heterocycles. The van der Waals surface area contributed by atoms with Gasteiger partial charge in [0.2, 0.25) is 11.7 Å². The van der Waals surface area contributed by atoms with Crippen molar-refractivity contribution in [3.8, 4) is 11.4 Å². The van der Waals surface area contributed by atoms with Crippen molar-refractivity contribution in [2.75, 3.05) is 6.54 Å². The van der Waals surface area contributed by atoms with Crippen LogP contribution in [0.5, 0.6) is 0 Å². The maximum atomic E-state index is 13.2. The molecule has 0 radical (unpaired) electrons. The van der Waals surface area contributed by atoms with Crippen LogP contribution in [0.2, 0.25) is 0 Å². The van der Waals surface area contributed by atoms with E-state index in [9.17, 15) is 4.39 Å². The zero-order chi connectivity index (χ0) is 13.1. The number of nitrogens with two attached hydrogens (primary N) is 1. The third kappa shape index (κ3) is 2.41. The van der Waals surface area contributed by atoms with E-state index in [1.165, 1.54) is 6.07 Å². The van der Waals surface area contributed by atoms with Gasteiger partial charge in [0.1, 0.15) is 5.82 Å². The van der Waals surface area contributed by atoms with Crippen molar-refractivity contribution >= 4 is 0 Å². The Labute approximate surface area is 105 Å². The van der Waals surface area contributed by atoms with E-state index >= 15 is 0 Å². The Balaban J connectivity index is 2.31. The average molecular weight is 249 g/mol. The molecule has 5 heteroatoms. The Bertz CT molecular complexity index is 535. The van der Waals surface area contributed by atoms with Crippen LogP contribution in [-0.4, -0.2) is 16.7 Å². The maximum absolute atomic E-state index is 13.2. The van der Waals surface area contributed by atoms with Crippen molar-refractivity contribution in [3.63, 3.8) is 0 Å². The Morgan fingerprint density at radius 2 is 2.22 bits per heavy atom. The molecule has 2 aromatic rings. The van der Waals surface area contributed by atoms with Crippen LogP contribution in [0.25, 0.3) is 11.4 Å². The van der Waals surface area contributed by atoms with Crippen molar-refractivity contribution in [1.82, 2.24) is 10.1 Å². The predicted octanol–water partition coefficient (Wildman–Crippen LogP) is 2.64. The van der Waals surface area contributed by atoms with Gasteiger partial charge in [0.25, 0.3) is 0 Å². The number of hydrogen-bond acceptors (Lipinski definition) is 4. The predicted molar refractivity (Wildman–Crippen MR) is 66.5 cm³/mol. The lowest BCUT2D eigenvalue weighted by Crippen LogP contribution is -2.11. The molecule has 4 nitrogen and oxygen atoms in total. The molecule has 0 aliphatic heterocycles. The molecular formula is C13H16FN3O. The lowest BCUT2D eigenvalue weighted by atomic mass is 10.1. The van der Waals surface area contributed by atoms with Gasteiger partial charge in [-0.3, -0.25) is 0 Å². The molecule has 1 atom stereocenters. The summed E-state index contributed by atoms with van der Waals surface area (Å²) in [6, 6.07) is 4.74. The van der Waals surface area contributed by atoms with Crippen molar-refractivity contribution in [2.24, 2.45) is 5.73 Å². The van der Waals surface area contributed by atoms with Crippen LogP contribution >= 0.6 is 0 Å². The first kappa shape index (κ1) is 12.7. The zero-order valence-corrected chi connectivity index (χ0v) is 10.5. The van der Waals surface area contributed by atoms with Gasteiger partial charge in [-0.05, 0) is 37.1 Å². The number of hydrogen-bond donors (Lipinski definition) is 1. The standard InChI is InChI=1S/C13H16FN3O/c1-3-9(7-15)13-16-12(17-18-13)10-4-5-11(14)8(2)6-10/h4-6,9H,3,7,15H2,1-2H3. The van der Waals surface area contributed by atoms with E-state index in [1.807, 2.05) is 6.92 Å². The average Bonchev–Trinajstić information content (AvgIpc) is 2.84. The minimum Gasteiger partial charge on any atom is -0.339 e. The molecular weight excluding hydrogens is 233 g/mol. The number of benzene rings is 1. The lowest BCUT2D eigenvalue weighted by Gasteiger charge is -2.04. The molecule has 0 saturated carbocycles. The molecule has 0 bridgehead atoms. The molecule has 0 aliphatic rings. The topological polar surface area (TPSA) is 64.9 Å². The summed E-state index contributed by atoms with van der Waals surface area (Å²) in [5.41, 5.74) is 6.94. The van der Waals surface area contributed by atoms with Crippen molar-refractivity contribution in [1.29, 1.82) is 0 Å². The first-order valence-electron chi connectivity index (χ1n) is 5.96. The van der Waals surface area contributed by atoms with Crippen molar-refractivity contribution in [3.05, 3.63) is 35.5 Å². The number of rotatable bonds is 4. The van der Waals surface area contributed by atoms with Crippen LogP contribution in [0.1, 0.15) is 30.7 Å². The molecule has 0 aliphatic carbocycles. The molecule has 2 N–H and O–H groups in total. The summed E-state index contributed by atoms with van der Waals surface area (Å²) in [6.45, 7) is 4.19. The number of aromatic nitrogens is 2. The highest BCUT2D eigenvalue weighted by Crippen LogP contribution is 2.22. The third-order valence-corrected chi connectivity index (χ3v) is 2.98. The smallest absolute Gasteiger partial charge is 0.231 e. The summed E-state index contributed by atoms with van der Waals surface area (Å²) in [5.74, 6) is 0.848. The fourth-order valence-electron chi connectivity index (χ4n) is 1.74. The molecule has 96 valence electrons. The fraction of sp³-hybridized carbons (Fsp3) is 0.385. The van der Waals surface area contributed by atoms with Gasteiger partial charge in [-0.25, -0.2) is 4.39 Å². The van der Waals surface area contributed by atoms with E-state index in [0.29, 0.717) is 23.8 Å². The largest absolute Gasteiger partial charge is 0.339 e. The molecule has 0 amide bonds. The molecule has 0 spiro atoms. The van der Waals surface area contributed by atoms with Crippen LogP contribution in [0.15, 0.2) is 22.7 Å². The summed E-state index contributed by atoms with van der Waals surface area (Å²) in [5, 5.41) is 3.91. The quantitative estimate of drug-likeness (QED) is 0.904. The van der Waals surface area contributed by atoms with Crippen LogP contribution in [0, 0.1) is 12.7 Å². The van der Waals surface area contributed by atoms with Crippen LogP contribution in [0.3, 0.4) is 0 Å². The Hall–Kier alpha value is -1.75. The molecule has 2 rings (SSSR count). The second kappa shape index (κ2) is 5.27. The van der Waals surface area contributed by atoms with E-state index in [2.05, 4.69) is 10.1 Å². The van der Waals surface area contributed by atoms with Gasteiger partial charge in [-0.1, -0.05) is 12.1 Å². The highest BCUT2D eigenvalue weighted by atomic mass is 19.1. The van der Waals surface area contributed by atoms with E-state index in [0.717, 1.165) is 12.0 Å². The first-order chi connectivity index (χ1) is 8.65. The van der Waals surface area contributed by atoms with Crippen LogP contribution < -0.4 is 5.73 Å². The minimum atomic E-state index is -0.240. The zero-order valence-electron chi connectivity index (χ0n) is 10.5. The summed E-state index contributed by atoms with van der Waals surface area (Å²) in [7, 11) is 0. The minimum absolute atomic E-state index is 0.0767. The molecule has 1 heterocycles. The van der Waals surface area contributed by atoms with Gasteiger partial charge in [-0.2, -0.15) is 4.98 Å². The highest BCUT2D eigenvalue weighted by molar-refractivity contribution is 5.55. The fourth-order valence-corrected chi connectivity index (χ4v) is 1.74. The SMILES string of the molecule is CCC(CN)c1nc(-c2ccc(F)c(C)c2)no1. The molecule has 0 fully saturated rings. The van der Waals surface area contributed by atoms with Gasteiger partial charge in [-0.15, -0.1) is 0 Å². The van der Waals surface area contributed by atoms with Gasteiger partial charge >= 0.3 is 0 Å². The normalized spacial score (nSPS) is 12.7. The number of aryl methyl sites for hydroxylation is 1. The second-order valence-corrected chi connectivity index (χ2v) is 4.26. The van der Waals surface area contributed by atoms with Crippen LogP contribution in [0.4, 0.5) is 4.39 Å². The monoisotopic (exact) mass is 249 g/mol. The summed E-state index contributed by atoms with van der Waals surface area (Å²) in [4.78, 5) is 4.31. The summed E-state index contributed by atoms with van der Waals surface area (Å²) in [6.07, 6.45) is 0.848. The number of halogens is 1. The number of nitrogens with zero attached hydrogens (tertiary/aromatic N) is 2. The summed E-state index contributed by atoms with van der Waals surface area (Å²) < 4.78 is 18.4. The van der Waals surface area contributed by atoms with Gasteiger partial charge < -0.3 is 10.3 Å². The summed E-state index contributed by atoms with van der Waals surface area (Å²) >= 11 is 0. The van der Waals surface area contributed by atoms with Crippen molar-refractivity contribution in [2.45, 2.75) is 26.2 Å². The Kier molecular flexibility index (Phi) is 3.72. The molecule has 1 unspecified atom stereocenters. The lowest BCUT2D eigenvalue weighted by molar-refractivity contribution is 0.351. The maximum Gasteiger partial charge on any atom is 0.231 e. The third-order valence-electron chi connectivity index (χ3n) is 2.98. The van der Waals surface area contributed by atoms with Crippen LogP contribution in [-0.2, 0) is 0 Å². The van der Waals surface area contributed by atoms with E-state index in [4.69, 9.17) is 10.3 Å². The second-order valence-electron chi connectivity index (χ2n) is 4.26. The van der Waals surface area contributed by atoms with Gasteiger partial charge in [0.15, 0.2) is 0 Å². The van der Waals surface area contributed by atoms with Gasteiger partial charge in [0.05, 0.1) is 5.92 Å². The Morgan fingerprint density at radius 3 is 2.83 bits per heavy atom. The Morgan fingerprint density at radius 1 is 1.44 bits per heavy atom.